The molecule has 1 aliphatic carbocycles. The Morgan fingerprint density at radius 3 is 2.23 bits per heavy atom. The van der Waals surface area contributed by atoms with Gasteiger partial charge in [0.25, 0.3) is 0 Å². The Bertz CT molecular complexity index is 1040. The number of nitriles is 1. The van der Waals surface area contributed by atoms with Gasteiger partial charge in [0, 0.05) is 22.7 Å². The Kier molecular flexibility index (Phi) is 14.4. The molecule has 1 saturated carbocycles. The highest BCUT2D eigenvalue weighted by molar-refractivity contribution is 6.35. The van der Waals surface area contributed by atoms with Gasteiger partial charge in [0.1, 0.15) is 0 Å². The van der Waals surface area contributed by atoms with Crippen molar-refractivity contribution >= 4 is 34.8 Å². The minimum atomic E-state index is -0.145. The first kappa shape index (κ1) is 33.1. The van der Waals surface area contributed by atoms with Crippen molar-refractivity contribution in [1.82, 2.24) is 4.90 Å². The van der Waals surface area contributed by atoms with Crippen molar-refractivity contribution in [1.29, 1.82) is 5.26 Å². The van der Waals surface area contributed by atoms with Gasteiger partial charge in [-0.1, -0.05) is 69.5 Å². The third-order valence-electron chi connectivity index (χ3n) is 7.97. The van der Waals surface area contributed by atoms with Crippen LogP contribution in [-0.4, -0.2) is 30.4 Å². The van der Waals surface area contributed by atoms with Crippen molar-refractivity contribution in [2.24, 2.45) is 11.8 Å². The van der Waals surface area contributed by atoms with Crippen LogP contribution in [0.2, 0.25) is 10.0 Å². The summed E-state index contributed by atoms with van der Waals surface area (Å²) in [4.78, 5) is 13.2. The molecule has 2 aromatic rings. The van der Waals surface area contributed by atoms with Crippen LogP contribution in [0, 0.1) is 23.2 Å². The van der Waals surface area contributed by atoms with E-state index in [1.165, 1.54) is 83.5 Å². The summed E-state index contributed by atoms with van der Waals surface area (Å²) in [6, 6.07) is 15.3. The molecule has 0 bridgehead atoms. The zero-order chi connectivity index (χ0) is 28.8. The fourth-order valence-corrected chi connectivity index (χ4v) is 5.94. The lowest BCUT2D eigenvalue weighted by molar-refractivity contribution is -0.114. The first-order valence-electron chi connectivity index (χ1n) is 14.5. The third kappa shape index (κ3) is 11.9. The molecule has 2 aliphatic rings. The molecule has 39 heavy (non-hydrogen) atoms. The predicted molar refractivity (Wildman–Crippen MR) is 167 cm³/mol. The van der Waals surface area contributed by atoms with Gasteiger partial charge in [-0.2, -0.15) is 5.26 Å². The van der Waals surface area contributed by atoms with E-state index in [1.807, 2.05) is 12.1 Å². The van der Waals surface area contributed by atoms with Gasteiger partial charge in [-0.25, -0.2) is 0 Å². The Morgan fingerprint density at radius 1 is 1.10 bits per heavy atom. The number of amides is 1. The first-order valence-corrected chi connectivity index (χ1v) is 15.3. The summed E-state index contributed by atoms with van der Waals surface area (Å²) >= 11 is 11.4. The maximum atomic E-state index is 10.6. The Morgan fingerprint density at radius 2 is 1.72 bits per heavy atom. The van der Waals surface area contributed by atoms with Gasteiger partial charge in [0.15, 0.2) is 0 Å². The summed E-state index contributed by atoms with van der Waals surface area (Å²) in [6.07, 6.45) is 10.8. The normalized spacial score (nSPS) is 20.7. The minimum absolute atomic E-state index is 0.145. The Hall–Kier alpha value is -2.06. The van der Waals surface area contributed by atoms with Crippen LogP contribution in [0.4, 0.5) is 5.69 Å². The number of unbranched alkanes of at least 4 members (excludes halogenated alkanes) is 1. The van der Waals surface area contributed by atoms with Crippen molar-refractivity contribution in [2.75, 3.05) is 25.0 Å². The average molecular weight is 573 g/mol. The minimum Gasteiger partial charge on any atom is -0.326 e. The van der Waals surface area contributed by atoms with E-state index in [0.29, 0.717) is 15.7 Å². The van der Waals surface area contributed by atoms with E-state index in [4.69, 9.17) is 28.5 Å². The van der Waals surface area contributed by atoms with Crippen LogP contribution in [0.15, 0.2) is 42.5 Å². The molecule has 0 unspecified atom stereocenters. The molecule has 1 amide bonds. The van der Waals surface area contributed by atoms with E-state index >= 15 is 0 Å². The lowest BCUT2D eigenvalue weighted by Gasteiger charge is -2.39. The van der Waals surface area contributed by atoms with Gasteiger partial charge in [0.2, 0.25) is 5.91 Å². The molecule has 4 rings (SSSR count). The number of benzene rings is 2. The molecular weight excluding hydrogens is 525 g/mol. The number of carbonyl (C=O) groups excluding carboxylic acids is 1. The molecule has 2 aromatic carbocycles. The molecule has 1 heterocycles. The molecule has 0 atom stereocenters. The van der Waals surface area contributed by atoms with Crippen molar-refractivity contribution in [2.45, 2.75) is 91.4 Å². The van der Waals surface area contributed by atoms with Crippen LogP contribution in [-0.2, 0) is 10.2 Å². The second-order valence-electron chi connectivity index (χ2n) is 11.6. The van der Waals surface area contributed by atoms with Gasteiger partial charge in [0.05, 0.1) is 11.6 Å². The summed E-state index contributed by atoms with van der Waals surface area (Å²) in [7, 11) is 0. The lowest BCUT2D eigenvalue weighted by atomic mass is 9.66. The van der Waals surface area contributed by atoms with Crippen LogP contribution in [0.1, 0.15) is 97.1 Å². The fraction of sp³-hybridized carbons (Fsp3) is 0.576. The Balaban J connectivity index is 0.000000220. The van der Waals surface area contributed by atoms with E-state index < -0.39 is 0 Å². The molecular formula is C33H47Cl2N3O. The molecule has 1 saturated heterocycles. The summed E-state index contributed by atoms with van der Waals surface area (Å²) < 4.78 is 0. The summed E-state index contributed by atoms with van der Waals surface area (Å²) in [5, 5.41) is 12.6. The van der Waals surface area contributed by atoms with Crippen LogP contribution < -0.4 is 5.32 Å². The van der Waals surface area contributed by atoms with Crippen molar-refractivity contribution < 1.29 is 4.79 Å². The van der Waals surface area contributed by atoms with Crippen LogP contribution in [0.3, 0.4) is 0 Å². The van der Waals surface area contributed by atoms with Gasteiger partial charge in [-0.15, -0.1) is 0 Å². The van der Waals surface area contributed by atoms with Gasteiger partial charge < -0.3 is 10.2 Å². The number of anilines is 1. The molecule has 2 fully saturated rings. The van der Waals surface area contributed by atoms with E-state index in [0.717, 1.165) is 17.4 Å². The zero-order valence-corrected chi connectivity index (χ0v) is 26.0. The highest BCUT2D eigenvalue weighted by Crippen LogP contribution is 2.43. The largest absolute Gasteiger partial charge is 0.326 e. The molecule has 4 nitrogen and oxygen atoms in total. The Labute approximate surface area is 247 Å². The molecule has 214 valence electrons. The average Bonchev–Trinajstić information content (AvgIpc) is 3.41. The van der Waals surface area contributed by atoms with Gasteiger partial charge in [-0.3, -0.25) is 4.79 Å². The number of halogens is 2. The highest BCUT2D eigenvalue weighted by atomic mass is 35.5. The molecule has 0 spiro atoms. The van der Waals surface area contributed by atoms with Crippen molar-refractivity contribution in [3.8, 4) is 6.07 Å². The summed E-state index contributed by atoms with van der Waals surface area (Å²) in [5.74, 6) is 1.55. The number of nitrogens with zero attached hydrogens (tertiary/aromatic N) is 2. The van der Waals surface area contributed by atoms with Crippen molar-refractivity contribution in [3.05, 3.63) is 63.6 Å². The lowest BCUT2D eigenvalue weighted by Crippen LogP contribution is -2.30. The number of nitrogens with one attached hydrogen (secondary N) is 1. The topological polar surface area (TPSA) is 56.1 Å². The molecule has 0 radical (unpaired) electrons. The first-order chi connectivity index (χ1) is 18.6. The number of likely N-dealkylation sites (tertiary alicyclic amines) is 1. The maximum absolute atomic E-state index is 10.6. The van der Waals surface area contributed by atoms with Gasteiger partial charge in [-0.05, 0) is 118 Å². The predicted octanol–water partition coefficient (Wildman–Crippen LogP) is 9.50. The number of hydrogen-bond donors (Lipinski definition) is 1. The smallest absolute Gasteiger partial charge is 0.221 e. The van der Waals surface area contributed by atoms with E-state index in [2.05, 4.69) is 56.1 Å². The van der Waals surface area contributed by atoms with Crippen LogP contribution in [0.5, 0.6) is 0 Å². The fourth-order valence-electron chi connectivity index (χ4n) is 5.41. The third-order valence-corrected chi connectivity index (χ3v) is 8.41. The molecule has 0 aromatic heterocycles. The molecule has 6 heteroatoms. The maximum Gasteiger partial charge on any atom is 0.221 e. The number of rotatable bonds is 6. The molecule has 1 N–H and O–H groups in total. The highest BCUT2D eigenvalue weighted by Gasteiger charge is 2.33. The molecule has 1 aliphatic heterocycles. The van der Waals surface area contributed by atoms with Crippen molar-refractivity contribution in [3.63, 3.8) is 0 Å². The van der Waals surface area contributed by atoms with E-state index in [-0.39, 0.29) is 11.3 Å². The van der Waals surface area contributed by atoms with Gasteiger partial charge >= 0.3 is 0 Å². The zero-order valence-electron chi connectivity index (χ0n) is 24.5. The monoisotopic (exact) mass is 571 g/mol. The van der Waals surface area contributed by atoms with Crippen LogP contribution in [0.25, 0.3) is 0 Å². The second-order valence-corrected chi connectivity index (χ2v) is 12.4. The SMILES string of the molecule is CC(=O)Nc1cc(Cl)cc(Cl)c1.CC(C)C1CCC(C)(c2cccc(C#N)c2)CC1.CCCCN1CCCC1. The van der Waals surface area contributed by atoms with E-state index in [1.54, 1.807) is 18.2 Å². The quantitative estimate of drug-likeness (QED) is 0.375. The summed E-state index contributed by atoms with van der Waals surface area (Å²) in [5.41, 5.74) is 3.03. The standard InChI is InChI=1S/C17H23N.C8H7Cl2NO.C8H17N/c1-13(2)15-7-9-17(3,10-8-15)16-6-4-5-14(11-16)12-18;1-5(12)11-8-3-6(9)2-7(10)4-8;1-2-3-6-9-7-4-5-8-9/h4-6,11,13,15H,7-10H2,1-3H3;2-4H,1H3,(H,11,12);2-8H2,1H3. The summed E-state index contributed by atoms with van der Waals surface area (Å²) in [6.45, 7) is 14.8. The second kappa shape index (κ2) is 16.9. The van der Waals surface area contributed by atoms with Crippen LogP contribution >= 0.6 is 23.2 Å². The number of carbonyl (C=O) groups is 1. The number of hydrogen-bond acceptors (Lipinski definition) is 3. The van der Waals surface area contributed by atoms with E-state index in [9.17, 15) is 4.79 Å².